The summed E-state index contributed by atoms with van der Waals surface area (Å²) < 4.78 is 12.9. The molecule has 5 nitrogen and oxygen atoms in total. The number of amides is 3. The molecular formula is C18H26FN3O2. The number of likely N-dealkylation sites (N-methyl/N-ethyl adjacent to an activating group) is 1. The number of likely N-dealkylation sites (tertiary alicyclic amines) is 1. The molecule has 0 spiro atoms. The number of hydrogen-bond donors (Lipinski definition) is 1. The zero-order chi connectivity index (χ0) is 17.7. The summed E-state index contributed by atoms with van der Waals surface area (Å²) in [5, 5.41) is 2.85. The minimum absolute atomic E-state index is 0.0338. The molecule has 0 unspecified atom stereocenters. The Morgan fingerprint density at radius 3 is 2.62 bits per heavy atom. The van der Waals surface area contributed by atoms with E-state index in [1.165, 1.54) is 12.1 Å². The second kappa shape index (κ2) is 8.13. The van der Waals surface area contributed by atoms with Crippen LogP contribution in [0.1, 0.15) is 32.3 Å². The average Bonchev–Trinajstić information content (AvgIpc) is 3.02. The Kier molecular flexibility index (Phi) is 6.17. The molecule has 0 radical (unpaired) electrons. The first kappa shape index (κ1) is 18.2. The van der Waals surface area contributed by atoms with Crippen LogP contribution >= 0.6 is 0 Å². The van der Waals surface area contributed by atoms with Gasteiger partial charge in [-0.15, -0.1) is 0 Å². The van der Waals surface area contributed by atoms with Gasteiger partial charge in [0.05, 0.1) is 0 Å². The third-order valence-corrected chi connectivity index (χ3v) is 4.24. The van der Waals surface area contributed by atoms with Gasteiger partial charge >= 0.3 is 6.03 Å². The van der Waals surface area contributed by atoms with Crippen LogP contribution in [0.5, 0.6) is 0 Å². The highest BCUT2D eigenvalue weighted by molar-refractivity contribution is 5.87. The van der Waals surface area contributed by atoms with Crippen LogP contribution in [0.3, 0.4) is 0 Å². The number of halogens is 1. The number of rotatable bonds is 5. The standard InChI is InChI=1S/C18H26FN3O2/c1-13(2)20-18(24)22-11-4-5-16(22)17(23)21(3)12-10-14-6-8-15(19)9-7-14/h6-9,13,16H,4-5,10-12H2,1-3H3,(H,20,24)/t16-/m0/s1. The quantitative estimate of drug-likeness (QED) is 0.898. The molecule has 6 heteroatoms. The SMILES string of the molecule is CC(C)NC(=O)N1CCC[C@H]1C(=O)N(C)CCc1ccc(F)cc1. The first-order valence-electron chi connectivity index (χ1n) is 8.45. The molecule has 1 aromatic carbocycles. The second-order valence-electron chi connectivity index (χ2n) is 6.59. The van der Waals surface area contributed by atoms with Gasteiger partial charge in [-0.2, -0.15) is 0 Å². The minimum Gasteiger partial charge on any atom is -0.344 e. The van der Waals surface area contributed by atoms with E-state index in [0.717, 1.165) is 12.0 Å². The maximum atomic E-state index is 12.9. The summed E-state index contributed by atoms with van der Waals surface area (Å²) in [6.07, 6.45) is 2.20. The van der Waals surface area contributed by atoms with Gasteiger partial charge in [0, 0.05) is 26.2 Å². The molecule has 24 heavy (non-hydrogen) atoms. The van der Waals surface area contributed by atoms with Crippen molar-refractivity contribution in [3.63, 3.8) is 0 Å². The zero-order valence-electron chi connectivity index (χ0n) is 14.6. The van der Waals surface area contributed by atoms with Gasteiger partial charge in [0.1, 0.15) is 11.9 Å². The van der Waals surface area contributed by atoms with Gasteiger partial charge in [-0.3, -0.25) is 4.79 Å². The predicted molar refractivity (Wildman–Crippen MR) is 91.1 cm³/mol. The van der Waals surface area contributed by atoms with Crippen molar-refractivity contribution in [1.29, 1.82) is 0 Å². The van der Waals surface area contributed by atoms with Gasteiger partial charge in [0.25, 0.3) is 0 Å². The van der Waals surface area contributed by atoms with Crippen LogP contribution in [0.2, 0.25) is 0 Å². The average molecular weight is 335 g/mol. The first-order chi connectivity index (χ1) is 11.4. The summed E-state index contributed by atoms with van der Waals surface area (Å²) in [6.45, 7) is 4.96. The molecule has 1 atom stereocenters. The van der Waals surface area contributed by atoms with Crippen LogP contribution < -0.4 is 5.32 Å². The largest absolute Gasteiger partial charge is 0.344 e. The number of nitrogens with zero attached hydrogens (tertiary/aromatic N) is 2. The van der Waals surface area contributed by atoms with E-state index < -0.39 is 0 Å². The van der Waals surface area contributed by atoms with E-state index in [9.17, 15) is 14.0 Å². The van der Waals surface area contributed by atoms with E-state index >= 15 is 0 Å². The summed E-state index contributed by atoms with van der Waals surface area (Å²) in [5.74, 6) is -0.297. The Hall–Kier alpha value is -2.11. The molecular weight excluding hydrogens is 309 g/mol. The van der Waals surface area contributed by atoms with Crippen molar-refractivity contribution in [3.8, 4) is 0 Å². The van der Waals surface area contributed by atoms with Gasteiger partial charge in [-0.05, 0) is 50.8 Å². The molecule has 1 aromatic rings. The third-order valence-electron chi connectivity index (χ3n) is 4.24. The highest BCUT2D eigenvalue weighted by atomic mass is 19.1. The van der Waals surface area contributed by atoms with Crippen LogP contribution in [-0.4, -0.2) is 54.0 Å². The number of hydrogen-bond acceptors (Lipinski definition) is 2. The molecule has 1 N–H and O–H groups in total. The van der Waals surface area contributed by atoms with Crippen molar-refractivity contribution >= 4 is 11.9 Å². The Morgan fingerprint density at radius 2 is 2.00 bits per heavy atom. The molecule has 1 aliphatic rings. The summed E-state index contributed by atoms with van der Waals surface area (Å²) in [5.41, 5.74) is 0.983. The van der Waals surface area contributed by atoms with Crippen molar-refractivity contribution < 1.29 is 14.0 Å². The molecule has 1 saturated heterocycles. The molecule has 2 rings (SSSR count). The number of urea groups is 1. The molecule has 1 heterocycles. The molecule has 0 aliphatic carbocycles. The Balaban J connectivity index is 1.91. The van der Waals surface area contributed by atoms with Crippen molar-refractivity contribution in [2.45, 2.75) is 45.2 Å². The first-order valence-corrected chi connectivity index (χ1v) is 8.45. The smallest absolute Gasteiger partial charge is 0.318 e. The number of carbonyl (C=O) groups is 2. The fourth-order valence-electron chi connectivity index (χ4n) is 2.91. The van der Waals surface area contributed by atoms with Crippen molar-refractivity contribution in [2.24, 2.45) is 0 Å². The minimum atomic E-state index is -0.387. The van der Waals surface area contributed by atoms with E-state index in [4.69, 9.17) is 0 Å². The lowest BCUT2D eigenvalue weighted by Crippen LogP contribution is -2.51. The highest BCUT2D eigenvalue weighted by Crippen LogP contribution is 2.19. The van der Waals surface area contributed by atoms with Gasteiger partial charge in [-0.1, -0.05) is 12.1 Å². The van der Waals surface area contributed by atoms with Gasteiger partial charge in [0.15, 0.2) is 0 Å². The number of carbonyl (C=O) groups excluding carboxylic acids is 2. The van der Waals surface area contributed by atoms with E-state index in [-0.39, 0.29) is 29.8 Å². The third kappa shape index (κ3) is 4.69. The lowest BCUT2D eigenvalue weighted by Gasteiger charge is -2.28. The highest BCUT2D eigenvalue weighted by Gasteiger charge is 2.35. The molecule has 1 fully saturated rings. The molecule has 0 bridgehead atoms. The fraction of sp³-hybridized carbons (Fsp3) is 0.556. The molecule has 3 amide bonds. The monoisotopic (exact) mass is 335 g/mol. The number of benzene rings is 1. The van der Waals surface area contributed by atoms with Crippen molar-refractivity contribution in [3.05, 3.63) is 35.6 Å². The lowest BCUT2D eigenvalue weighted by molar-refractivity contribution is -0.133. The normalized spacial score (nSPS) is 17.2. The Morgan fingerprint density at radius 1 is 1.33 bits per heavy atom. The maximum Gasteiger partial charge on any atom is 0.318 e. The summed E-state index contributed by atoms with van der Waals surface area (Å²) >= 11 is 0. The molecule has 0 aromatic heterocycles. The fourth-order valence-corrected chi connectivity index (χ4v) is 2.91. The molecule has 132 valence electrons. The van der Waals surface area contributed by atoms with Crippen LogP contribution in [0.25, 0.3) is 0 Å². The van der Waals surface area contributed by atoms with E-state index in [2.05, 4.69) is 5.32 Å². The van der Waals surface area contributed by atoms with Crippen LogP contribution in [0, 0.1) is 5.82 Å². The Bertz CT molecular complexity index is 574. The summed E-state index contributed by atoms with van der Waals surface area (Å²) in [7, 11) is 1.75. The zero-order valence-corrected chi connectivity index (χ0v) is 14.6. The predicted octanol–water partition coefficient (Wildman–Crippen LogP) is 2.41. The van der Waals surface area contributed by atoms with Crippen molar-refractivity contribution in [1.82, 2.24) is 15.1 Å². The van der Waals surface area contributed by atoms with Gasteiger partial charge < -0.3 is 15.1 Å². The molecule has 0 saturated carbocycles. The molecule has 1 aliphatic heterocycles. The van der Waals surface area contributed by atoms with E-state index in [0.29, 0.717) is 25.9 Å². The van der Waals surface area contributed by atoms with Crippen molar-refractivity contribution in [2.75, 3.05) is 20.1 Å². The summed E-state index contributed by atoms with van der Waals surface area (Å²) in [6, 6.07) is 5.79. The number of nitrogens with one attached hydrogen (secondary N) is 1. The summed E-state index contributed by atoms with van der Waals surface area (Å²) in [4.78, 5) is 28.2. The van der Waals surface area contributed by atoms with E-state index in [1.807, 2.05) is 13.8 Å². The lowest BCUT2D eigenvalue weighted by atomic mass is 10.1. The van der Waals surface area contributed by atoms with E-state index in [1.54, 1.807) is 29.0 Å². The maximum absolute atomic E-state index is 12.9. The van der Waals surface area contributed by atoms with Crippen LogP contribution in [0.15, 0.2) is 24.3 Å². The van der Waals surface area contributed by atoms with Gasteiger partial charge in [0.2, 0.25) is 5.91 Å². The van der Waals surface area contributed by atoms with Crippen LogP contribution in [-0.2, 0) is 11.2 Å². The van der Waals surface area contributed by atoms with Crippen LogP contribution in [0.4, 0.5) is 9.18 Å². The Labute approximate surface area is 142 Å². The van der Waals surface area contributed by atoms with Gasteiger partial charge in [-0.25, -0.2) is 9.18 Å². The second-order valence-corrected chi connectivity index (χ2v) is 6.59. The topological polar surface area (TPSA) is 52.7 Å².